The molecule has 1 saturated heterocycles. The van der Waals surface area contributed by atoms with Crippen molar-refractivity contribution in [2.24, 2.45) is 0 Å². The number of nitrogens with zero attached hydrogens (tertiary/aromatic N) is 1. The van der Waals surface area contributed by atoms with Crippen LogP contribution in [-0.4, -0.2) is 24.1 Å². The molecule has 0 bridgehead atoms. The highest BCUT2D eigenvalue weighted by Crippen LogP contribution is 2.28. The van der Waals surface area contributed by atoms with E-state index >= 15 is 0 Å². The van der Waals surface area contributed by atoms with Gasteiger partial charge in [-0.2, -0.15) is 0 Å². The van der Waals surface area contributed by atoms with Crippen molar-refractivity contribution in [3.05, 3.63) is 30.0 Å². The highest BCUT2D eigenvalue weighted by atomic mass is 15.0. The predicted molar refractivity (Wildman–Crippen MR) is 80.4 cm³/mol. The fourth-order valence-corrected chi connectivity index (χ4v) is 2.70. The van der Waals surface area contributed by atoms with Gasteiger partial charge in [0.2, 0.25) is 0 Å². The monoisotopic (exact) mass is 256 g/mol. The van der Waals surface area contributed by atoms with Crippen molar-refractivity contribution in [3.63, 3.8) is 0 Å². The summed E-state index contributed by atoms with van der Waals surface area (Å²) in [5.74, 6) is 0.967. The number of benzene rings is 1. The molecular weight excluding hydrogens is 236 g/mol. The number of anilines is 2. The van der Waals surface area contributed by atoms with Crippen LogP contribution in [-0.2, 0) is 0 Å². The Balaban J connectivity index is 1.99. The van der Waals surface area contributed by atoms with Crippen molar-refractivity contribution in [2.45, 2.75) is 25.8 Å². The number of aryl methyl sites for hydroxylation is 1. The number of nitrogen functional groups attached to an aromatic ring is 1. The number of nitrogens with one attached hydrogen (secondary N) is 2. The molecule has 1 aliphatic rings. The normalized spacial score (nSPS) is 16.7. The van der Waals surface area contributed by atoms with E-state index in [1.165, 1.54) is 0 Å². The molecule has 4 N–H and O–H groups in total. The summed E-state index contributed by atoms with van der Waals surface area (Å²) in [6.45, 7) is 4.16. The van der Waals surface area contributed by atoms with Gasteiger partial charge in [0.15, 0.2) is 0 Å². The van der Waals surface area contributed by atoms with E-state index in [2.05, 4.69) is 27.8 Å². The van der Waals surface area contributed by atoms with Crippen LogP contribution in [0.5, 0.6) is 0 Å². The third-order valence-corrected chi connectivity index (χ3v) is 3.72. The van der Waals surface area contributed by atoms with Crippen molar-refractivity contribution in [1.82, 2.24) is 10.3 Å². The van der Waals surface area contributed by atoms with Gasteiger partial charge in [-0.05, 0) is 45.0 Å². The van der Waals surface area contributed by atoms with Crippen LogP contribution >= 0.6 is 0 Å². The van der Waals surface area contributed by atoms with E-state index in [4.69, 9.17) is 5.73 Å². The lowest BCUT2D eigenvalue weighted by atomic mass is 10.1. The summed E-state index contributed by atoms with van der Waals surface area (Å²) in [5.41, 5.74) is 7.88. The summed E-state index contributed by atoms with van der Waals surface area (Å²) in [6.07, 6.45) is 2.28. The Morgan fingerprint density at radius 2 is 2.05 bits per heavy atom. The first-order valence-electron chi connectivity index (χ1n) is 6.87. The molecule has 1 aromatic carbocycles. The molecule has 1 fully saturated rings. The summed E-state index contributed by atoms with van der Waals surface area (Å²) < 4.78 is 0. The van der Waals surface area contributed by atoms with Crippen LogP contribution in [0.3, 0.4) is 0 Å². The number of hydrogen-bond acceptors (Lipinski definition) is 4. The van der Waals surface area contributed by atoms with Crippen LogP contribution in [0.25, 0.3) is 10.8 Å². The minimum atomic E-state index is 0.500. The molecule has 0 atom stereocenters. The average molecular weight is 256 g/mol. The van der Waals surface area contributed by atoms with Gasteiger partial charge < -0.3 is 16.4 Å². The van der Waals surface area contributed by atoms with E-state index in [1.54, 1.807) is 0 Å². The molecular formula is C15H20N4. The van der Waals surface area contributed by atoms with Gasteiger partial charge in [-0.3, -0.25) is 0 Å². The van der Waals surface area contributed by atoms with E-state index < -0.39 is 0 Å². The molecule has 4 heteroatoms. The molecule has 0 saturated carbocycles. The molecule has 0 unspecified atom stereocenters. The van der Waals surface area contributed by atoms with Crippen LogP contribution in [0.4, 0.5) is 11.5 Å². The van der Waals surface area contributed by atoms with Gasteiger partial charge in [0.05, 0.1) is 0 Å². The molecule has 1 aliphatic heterocycles. The molecule has 100 valence electrons. The Kier molecular flexibility index (Phi) is 3.25. The second-order valence-corrected chi connectivity index (χ2v) is 5.22. The van der Waals surface area contributed by atoms with Crippen LogP contribution in [0, 0.1) is 6.92 Å². The number of pyridine rings is 1. The van der Waals surface area contributed by atoms with Gasteiger partial charge in [0.1, 0.15) is 5.82 Å². The van der Waals surface area contributed by atoms with E-state index in [0.717, 1.165) is 53.9 Å². The summed E-state index contributed by atoms with van der Waals surface area (Å²) in [6, 6.07) is 8.57. The molecule has 3 rings (SSSR count). The van der Waals surface area contributed by atoms with E-state index in [0.29, 0.717) is 6.04 Å². The molecule has 19 heavy (non-hydrogen) atoms. The molecule has 1 aromatic heterocycles. The maximum absolute atomic E-state index is 6.06. The molecule has 0 amide bonds. The number of fused-ring (bicyclic) bond motifs is 1. The van der Waals surface area contributed by atoms with Gasteiger partial charge in [0, 0.05) is 28.2 Å². The maximum atomic E-state index is 6.06. The largest absolute Gasteiger partial charge is 0.398 e. The van der Waals surface area contributed by atoms with Crippen molar-refractivity contribution < 1.29 is 0 Å². The highest BCUT2D eigenvalue weighted by Gasteiger charge is 2.15. The molecule has 0 radical (unpaired) electrons. The average Bonchev–Trinajstić information content (AvgIpc) is 2.41. The fourth-order valence-electron chi connectivity index (χ4n) is 2.70. The molecule has 0 spiro atoms. The smallest absolute Gasteiger partial charge is 0.134 e. The topological polar surface area (TPSA) is 63.0 Å². The van der Waals surface area contributed by atoms with E-state index in [-0.39, 0.29) is 0 Å². The van der Waals surface area contributed by atoms with E-state index in [1.807, 2.05) is 19.1 Å². The Morgan fingerprint density at radius 1 is 1.26 bits per heavy atom. The summed E-state index contributed by atoms with van der Waals surface area (Å²) in [7, 11) is 0. The Morgan fingerprint density at radius 3 is 2.84 bits per heavy atom. The van der Waals surface area contributed by atoms with Gasteiger partial charge >= 0.3 is 0 Å². The minimum absolute atomic E-state index is 0.500. The predicted octanol–water partition coefficient (Wildman–Crippen LogP) is 2.29. The minimum Gasteiger partial charge on any atom is -0.398 e. The molecule has 2 heterocycles. The zero-order chi connectivity index (χ0) is 13.2. The SMILES string of the molecule is Cc1cc2c(N)cccc2c(NC2CCNCC2)n1. The van der Waals surface area contributed by atoms with Crippen molar-refractivity contribution >= 4 is 22.3 Å². The standard InChI is InChI=1S/C15H20N4/c1-10-9-13-12(3-2-4-14(13)16)15(18-10)19-11-5-7-17-8-6-11/h2-4,9,11,17H,5-8,16H2,1H3,(H,18,19). The number of aromatic nitrogens is 1. The number of nitrogens with two attached hydrogens (primary N) is 1. The van der Waals surface area contributed by atoms with Gasteiger partial charge in [-0.15, -0.1) is 0 Å². The number of hydrogen-bond donors (Lipinski definition) is 3. The molecule has 2 aromatic rings. The Bertz CT molecular complexity index is 588. The van der Waals surface area contributed by atoms with Gasteiger partial charge in [-0.25, -0.2) is 4.98 Å². The molecule has 0 aliphatic carbocycles. The fraction of sp³-hybridized carbons (Fsp3) is 0.400. The van der Waals surface area contributed by atoms with Crippen LogP contribution < -0.4 is 16.4 Å². The van der Waals surface area contributed by atoms with Crippen molar-refractivity contribution in [3.8, 4) is 0 Å². The summed E-state index contributed by atoms with van der Waals surface area (Å²) in [4.78, 5) is 4.65. The van der Waals surface area contributed by atoms with E-state index in [9.17, 15) is 0 Å². The first-order chi connectivity index (χ1) is 9.24. The second-order valence-electron chi connectivity index (χ2n) is 5.22. The number of rotatable bonds is 2. The van der Waals surface area contributed by atoms with Crippen LogP contribution in [0.15, 0.2) is 24.3 Å². The second kappa shape index (κ2) is 5.05. The molecule has 4 nitrogen and oxygen atoms in total. The van der Waals surface area contributed by atoms with Crippen LogP contribution in [0.1, 0.15) is 18.5 Å². The first kappa shape index (κ1) is 12.2. The van der Waals surface area contributed by atoms with Gasteiger partial charge in [0.25, 0.3) is 0 Å². The lowest BCUT2D eigenvalue weighted by Crippen LogP contribution is -2.35. The highest BCUT2D eigenvalue weighted by molar-refractivity contribution is 5.99. The third-order valence-electron chi connectivity index (χ3n) is 3.72. The van der Waals surface area contributed by atoms with Gasteiger partial charge in [-0.1, -0.05) is 12.1 Å². The lowest BCUT2D eigenvalue weighted by Gasteiger charge is -2.25. The zero-order valence-electron chi connectivity index (χ0n) is 11.2. The lowest BCUT2D eigenvalue weighted by molar-refractivity contribution is 0.478. The number of piperidine rings is 1. The maximum Gasteiger partial charge on any atom is 0.134 e. The van der Waals surface area contributed by atoms with Crippen LogP contribution in [0.2, 0.25) is 0 Å². The Hall–Kier alpha value is -1.81. The summed E-state index contributed by atoms with van der Waals surface area (Å²) >= 11 is 0. The zero-order valence-corrected chi connectivity index (χ0v) is 11.2. The van der Waals surface area contributed by atoms with Crippen molar-refractivity contribution in [2.75, 3.05) is 24.1 Å². The third kappa shape index (κ3) is 2.49. The first-order valence-corrected chi connectivity index (χ1v) is 6.87. The summed E-state index contributed by atoms with van der Waals surface area (Å²) in [5, 5.41) is 9.17. The Labute approximate surface area is 113 Å². The van der Waals surface area contributed by atoms with Crippen molar-refractivity contribution in [1.29, 1.82) is 0 Å². The quantitative estimate of drug-likeness (QED) is 0.721.